The van der Waals surface area contributed by atoms with Crippen LogP contribution >= 0.6 is 0 Å². The fourth-order valence-corrected chi connectivity index (χ4v) is 1.02. The van der Waals surface area contributed by atoms with Crippen LogP contribution in [0.15, 0.2) is 30.6 Å². The monoisotopic (exact) mass is 177 g/mol. The number of pyridine rings is 1. The summed E-state index contributed by atoms with van der Waals surface area (Å²) in [5.74, 6) is 0. The zero-order chi connectivity index (χ0) is 9.52. The molecule has 0 amide bonds. The molecule has 3 N–H and O–H groups in total. The van der Waals surface area contributed by atoms with Gasteiger partial charge in [-0.25, -0.2) is 0 Å². The van der Waals surface area contributed by atoms with Gasteiger partial charge in [0.25, 0.3) is 0 Å². The van der Waals surface area contributed by atoms with Gasteiger partial charge in [0.15, 0.2) is 0 Å². The van der Waals surface area contributed by atoms with Crippen LogP contribution in [0.25, 0.3) is 0 Å². The molecule has 3 nitrogen and oxygen atoms in total. The lowest BCUT2D eigenvalue weighted by molar-refractivity contribution is 1.20. The molecule has 0 bridgehead atoms. The minimum atomic E-state index is 0.594. The van der Waals surface area contributed by atoms with Crippen molar-refractivity contribution in [3.8, 4) is 0 Å². The van der Waals surface area contributed by atoms with Gasteiger partial charge in [0.05, 0.1) is 0 Å². The maximum Gasteiger partial charge on any atom is 0.0403 e. The first kappa shape index (κ1) is 9.74. The van der Waals surface area contributed by atoms with Crippen molar-refractivity contribution >= 4 is 5.69 Å². The van der Waals surface area contributed by atoms with Gasteiger partial charge in [-0.15, -0.1) is 0 Å². The lowest BCUT2D eigenvalue weighted by atomic mass is 10.2. The van der Waals surface area contributed by atoms with Gasteiger partial charge in [0, 0.05) is 31.2 Å². The SMILES string of the molecule is Cc1cnccc1NC/C=C/CN. The first-order valence-corrected chi connectivity index (χ1v) is 4.34. The van der Waals surface area contributed by atoms with E-state index in [1.54, 1.807) is 6.20 Å². The molecule has 13 heavy (non-hydrogen) atoms. The number of hydrogen-bond donors (Lipinski definition) is 2. The Hall–Kier alpha value is -1.35. The summed E-state index contributed by atoms with van der Waals surface area (Å²) in [4.78, 5) is 4.01. The van der Waals surface area contributed by atoms with E-state index < -0.39 is 0 Å². The topological polar surface area (TPSA) is 50.9 Å². The molecule has 70 valence electrons. The van der Waals surface area contributed by atoms with Crippen LogP contribution in [-0.4, -0.2) is 18.1 Å². The number of hydrogen-bond acceptors (Lipinski definition) is 3. The molecular weight excluding hydrogens is 162 g/mol. The Morgan fingerprint density at radius 1 is 1.54 bits per heavy atom. The molecule has 0 aliphatic carbocycles. The number of nitrogens with two attached hydrogens (primary N) is 1. The zero-order valence-electron chi connectivity index (χ0n) is 7.83. The third kappa shape index (κ3) is 3.25. The van der Waals surface area contributed by atoms with Gasteiger partial charge in [0.2, 0.25) is 0 Å². The van der Waals surface area contributed by atoms with Crippen molar-refractivity contribution in [1.29, 1.82) is 0 Å². The first-order valence-electron chi connectivity index (χ1n) is 4.34. The molecule has 1 heterocycles. The molecule has 0 aliphatic heterocycles. The predicted octanol–water partition coefficient (Wildman–Crippen LogP) is 1.32. The van der Waals surface area contributed by atoms with Crippen LogP contribution in [0.5, 0.6) is 0 Å². The Morgan fingerprint density at radius 3 is 3.08 bits per heavy atom. The first-order chi connectivity index (χ1) is 6.34. The number of anilines is 1. The molecule has 0 radical (unpaired) electrons. The molecule has 0 fully saturated rings. The molecule has 3 heteroatoms. The molecule has 0 saturated carbocycles. The van der Waals surface area contributed by atoms with E-state index in [2.05, 4.69) is 10.3 Å². The van der Waals surface area contributed by atoms with Crippen molar-refractivity contribution in [3.05, 3.63) is 36.2 Å². The highest BCUT2D eigenvalue weighted by Crippen LogP contribution is 2.10. The highest BCUT2D eigenvalue weighted by molar-refractivity contribution is 5.48. The summed E-state index contributed by atoms with van der Waals surface area (Å²) < 4.78 is 0. The molecule has 0 unspecified atom stereocenters. The van der Waals surface area contributed by atoms with Crippen molar-refractivity contribution in [2.45, 2.75) is 6.92 Å². The Bertz CT molecular complexity index is 281. The smallest absolute Gasteiger partial charge is 0.0403 e. The molecule has 0 saturated heterocycles. The van der Waals surface area contributed by atoms with Crippen molar-refractivity contribution in [1.82, 2.24) is 4.98 Å². The lowest BCUT2D eigenvalue weighted by Crippen LogP contribution is -2.01. The minimum Gasteiger partial charge on any atom is -0.381 e. The van der Waals surface area contributed by atoms with Gasteiger partial charge in [-0.2, -0.15) is 0 Å². The number of nitrogens with one attached hydrogen (secondary N) is 1. The molecule has 0 spiro atoms. The normalized spacial score (nSPS) is 10.6. The summed E-state index contributed by atoms with van der Waals surface area (Å²) in [5, 5.41) is 3.27. The van der Waals surface area contributed by atoms with Gasteiger partial charge >= 0.3 is 0 Å². The Labute approximate surface area is 78.7 Å². The van der Waals surface area contributed by atoms with Gasteiger partial charge in [-0.05, 0) is 18.6 Å². The minimum absolute atomic E-state index is 0.594. The van der Waals surface area contributed by atoms with E-state index in [4.69, 9.17) is 5.73 Å². The second-order valence-electron chi connectivity index (χ2n) is 2.78. The van der Waals surface area contributed by atoms with Crippen LogP contribution in [0.1, 0.15) is 5.56 Å². The second-order valence-corrected chi connectivity index (χ2v) is 2.78. The van der Waals surface area contributed by atoms with E-state index >= 15 is 0 Å². The van der Waals surface area contributed by atoms with Crippen LogP contribution in [0, 0.1) is 6.92 Å². The molecule has 0 atom stereocenters. The summed E-state index contributed by atoms with van der Waals surface area (Å²) in [6.07, 6.45) is 7.57. The van der Waals surface area contributed by atoms with Crippen LogP contribution < -0.4 is 11.1 Å². The molecule has 0 aromatic carbocycles. The van der Waals surface area contributed by atoms with E-state index in [1.165, 1.54) is 0 Å². The molecular formula is C10H15N3. The Morgan fingerprint density at radius 2 is 2.38 bits per heavy atom. The van der Waals surface area contributed by atoms with E-state index in [1.807, 2.05) is 31.3 Å². The van der Waals surface area contributed by atoms with Crippen LogP contribution in [-0.2, 0) is 0 Å². The molecule has 1 aromatic rings. The quantitative estimate of drug-likeness (QED) is 0.682. The zero-order valence-corrected chi connectivity index (χ0v) is 7.83. The molecule has 1 rings (SSSR count). The van der Waals surface area contributed by atoms with Crippen LogP contribution in [0.4, 0.5) is 5.69 Å². The van der Waals surface area contributed by atoms with Gasteiger partial charge in [-0.1, -0.05) is 12.2 Å². The third-order valence-corrected chi connectivity index (χ3v) is 1.73. The summed E-state index contributed by atoms with van der Waals surface area (Å²) >= 11 is 0. The average molecular weight is 177 g/mol. The fraction of sp³-hybridized carbons (Fsp3) is 0.300. The van der Waals surface area contributed by atoms with E-state index in [-0.39, 0.29) is 0 Å². The van der Waals surface area contributed by atoms with Crippen molar-refractivity contribution in [2.24, 2.45) is 5.73 Å². The second kappa shape index (κ2) is 5.32. The maximum atomic E-state index is 5.31. The van der Waals surface area contributed by atoms with Crippen molar-refractivity contribution in [2.75, 3.05) is 18.4 Å². The van der Waals surface area contributed by atoms with E-state index in [0.29, 0.717) is 6.54 Å². The average Bonchev–Trinajstić information content (AvgIpc) is 2.15. The Kier molecular flexibility index (Phi) is 3.99. The van der Waals surface area contributed by atoms with E-state index in [0.717, 1.165) is 17.8 Å². The van der Waals surface area contributed by atoms with Crippen molar-refractivity contribution < 1.29 is 0 Å². The maximum absolute atomic E-state index is 5.31. The summed E-state index contributed by atoms with van der Waals surface area (Å²) in [5.41, 5.74) is 7.59. The van der Waals surface area contributed by atoms with Gasteiger partial charge < -0.3 is 11.1 Å². The summed E-state index contributed by atoms with van der Waals surface area (Å²) in [6, 6.07) is 1.96. The number of rotatable bonds is 4. The van der Waals surface area contributed by atoms with E-state index in [9.17, 15) is 0 Å². The molecule has 1 aromatic heterocycles. The Balaban J connectivity index is 2.45. The van der Waals surface area contributed by atoms with Crippen molar-refractivity contribution in [3.63, 3.8) is 0 Å². The summed E-state index contributed by atoms with van der Waals surface area (Å²) in [7, 11) is 0. The number of aryl methyl sites for hydroxylation is 1. The van der Waals surface area contributed by atoms with Gasteiger partial charge in [0.1, 0.15) is 0 Å². The highest BCUT2D eigenvalue weighted by atomic mass is 14.9. The summed E-state index contributed by atoms with van der Waals surface area (Å²) in [6.45, 7) is 3.43. The molecule has 0 aliphatic rings. The highest BCUT2D eigenvalue weighted by Gasteiger charge is 1.92. The predicted molar refractivity (Wildman–Crippen MR) is 55.7 cm³/mol. The van der Waals surface area contributed by atoms with Gasteiger partial charge in [-0.3, -0.25) is 4.98 Å². The largest absolute Gasteiger partial charge is 0.381 e. The lowest BCUT2D eigenvalue weighted by Gasteiger charge is -2.05. The number of nitrogens with zero attached hydrogens (tertiary/aromatic N) is 1. The fourth-order valence-electron chi connectivity index (χ4n) is 1.02. The number of aromatic nitrogens is 1. The third-order valence-electron chi connectivity index (χ3n) is 1.73. The van der Waals surface area contributed by atoms with Crippen LogP contribution in [0.3, 0.4) is 0 Å². The standard InChI is InChI=1S/C10H15N3/c1-9-8-12-7-4-10(9)13-6-3-2-5-11/h2-4,7-8H,5-6,11H2,1H3,(H,12,13)/b3-2+. The van der Waals surface area contributed by atoms with Crippen LogP contribution in [0.2, 0.25) is 0 Å².